The molecule has 4 rings (SSSR count). The lowest BCUT2D eigenvalue weighted by molar-refractivity contribution is -0.122. The van der Waals surface area contributed by atoms with Crippen molar-refractivity contribution in [3.8, 4) is 11.5 Å². The van der Waals surface area contributed by atoms with Gasteiger partial charge in [0, 0.05) is 25.2 Å². The zero-order chi connectivity index (χ0) is 22.5. The van der Waals surface area contributed by atoms with Crippen molar-refractivity contribution >= 4 is 11.8 Å². The van der Waals surface area contributed by atoms with Gasteiger partial charge in [0.15, 0.2) is 5.69 Å². The normalized spacial score (nSPS) is 14.8. The molecule has 3 N–H and O–H groups in total. The number of amides is 2. The Labute approximate surface area is 187 Å². The zero-order valence-corrected chi connectivity index (χ0v) is 18.2. The monoisotopic (exact) mass is 432 g/mol. The van der Waals surface area contributed by atoms with Gasteiger partial charge in [0.25, 0.3) is 5.91 Å². The molecule has 2 amide bonds. The quantitative estimate of drug-likeness (QED) is 0.620. The molecule has 166 valence electrons. The van der Waals surface area contributed by atoms with Gasteiger partial charge >= 0.3 is 0 Å². The molecule has 2 heterocycles. The van der Waals surface area contributed by atoms with Crippen LogP contribution in [0, 0.1) is 6.92 Å². The number of piperidine rings is 1. The second kappa shape index (κ2) is 9.78. The van der Waals surface area contributed by atoms with Gasteiger partial charge < -0.3 is 20.4 Å². The maximum absolute atomic E-state index is 12.6. The Morgan fingerprint density at radius 3 is 2.59 bits per heavy atom. The topological polar surface area (TPSA) is 101 Å². The van der Waals surface area contributed by atoms with E-state index in [1.807, 2.05) is 60.4 Å². The van der Waals surface area contributed by atoms with Crippen molar-refractivity contribution in [1.82, 2.24) is 15.2 Å². The molecule has 3 aromatic rings. The van der Waals surface area contributed by atoms with Crippen LogP contribution in [-0.2, 0) is 11.3 Å². The fourth-order valence-corrected chi connectivity index (χ4v) is 3.94. The van der Waals surface area contributed by atoms with E-state index in [2.05, 4.69) is 10.3 Å². The summed E-state index contributed by atoms with van der Waals surface area (Å²) in [5, 5.41) is 2.89. The Bertz CT molecular complexity index is 1090. The lowest BCUT2D eigenvalue weighted by atomic mass is 10.0. The molecule has 0 radical (unpaired) electrons. The van der Waals surface area contributed by atoms with E-state index in [-0.39, 0.29) is 11.8 Å². The second-order valence-corrected chi connectivity index (χ2v) is 8.15. The first-order valence-electron chi connectivity index (χ1n) is 11.0. The molecule has 1 aliphatic rings. The highest BCUT2D eigenvalue weighted by Crippen LogP contribution is 2.25. The molecular weight excluding hydrogens is 404 g/mol. The SMILES string of the molecule is Cc1cc(CNC(=O)[C@@H](N)c2ccccc2)ccc1-c1nc(C(=O)N2CCCCC2)co1. The summed E-state index contributed by atoms with van der Waals surface area (Å²) in [6.45, 7) is 3.86. The first kappa shape index (κ1) is 21.8. The number of carbonyl (C=O) groups is 2. The number of rotatable bonds is 6. The first-order valence-corrected chi connectivity index (χ1v) is 11.0. The number of carbonyl (C=O) groups excluding carboxylic acids is 2. The van der Waals surface area contributed by atoms with E-state index in [0.29, 0.717) is 18.1 Å². The molecule has 0 spiro atoms. The van der Waals surface area contributed by atoms with E-state index in [1.54, 1.807) is 0 Å². The van der Waals surface area contributed by atoms with Crippen LogP contribution in [0.1, 0.15) is 52.5 Å². The highest BCUT2D eigenvalue weighted by molar-refractivity contribution is 5.92. The average molecular weight is 433 g/mol. The Kier molecular flexibility index (Phi) is 6.66. The molecule has 7 heteroatoms. The lowest BCUT2D eigenvalue weighted by Gasteiger charge is -2.25. The standard InChI is InChI=1S/C25H28N4O3/c1-17-14-18(15-27-23(30)22(26)19-8-4-2-5-9-19)10-11-20(17)24-28-21(16-32-24)25(31)29-12-6-3-7-13-29/h2,4-5,8-11,14,16,22H,3,6-7,12-13,15,26H2,1H3,(H,27,30)/t22-/m0/s1. The summed E-state index contributed by atoms with van der Waals surface area (Å²) in [6, 6.07) is 14.4. The third-order valence-corrected chi connectivity index (χ3v) is 5.80. The van der Waals surface area contributed by atoms with Crippen LogP contribution in [0.15, 0.2) is 59.2 Å². The number of nitrogens with zero attached hydrogens (tertiary/aromatic N) is 2. The molecule has 0 bridgehead atoms. The van der Waals surface area contributed by atoms with Crippen LogP contribution in [0.2, 0.25) is 0 Å². The molecule has 0 saturated carbocycles. The highest BCUT2D eigenvalue weighted by Gasteiger charge is 2.22. The molecule has 2 aromatic carbocycles. The number of likely N-dealkylation sites (tertiary alicyclic amines) is 1. The number of hydrogen-bond acceptors (Lipinski definition) is 5. The molecule has 0 aliphatic carbocycles. The van der Waals surface area contributed by atoms with Crippen LogP contribution < -0.4 is 11.1 Å². The minimum Gasteiger partial charge on any atom is -0.444 e. The van der Waals surface area contributed by atoms with Crippen LogP contribution >= 0.6 is 0 Å². The van der Waals surface area contributed by atoms with Crippen LogP contribution in [0.4, 0.5) is 0 Å². The molecule has 1 atom stereocenters. The third-order valence-electron chi connectivity index (χ3n) is 5.80. The minimum absolute atomic E-state index is 0.0774. The molecule has 7 nitrogen and oxygen atoms in total. The fourth-order valence-electron chi connectivity index (χ4n) is 3.94. The Morgan fingerprint density at radius 2 is 1.88 bits per heavy atom. The van der Waals surface area contributed by atoms with Crippen LogP contribution in [0.5, 0.6) is 0 Å². The summed E-state index contributed by atoms with van der Waals surface area (Å²) in [5.74, 6) is 0.113. The van der Waals surface area contributed by atoms with Crippen molar-refractivity contribution in [3.63, 3.8) is 0 Å². The summed E-state index contributed by atoms with van der Waals surface area (Å²) >= 11 is 0. The zero-order valence-electron chi connectivity index (χ0n) is 18.2. The number of oxazole rings is 1. The smallest absolute Gasteiger partial charge is 0.275 e. The predicted octanol–water partition coefficient (Wildman–Crippen LogP) is 3.59. The van der Waals surface area contributed by atoms with Gasteiger partial charge in [0.2, 0.25) is 11.8 Å². The van der Waals surface area contributed by atoms with E-state index in [1.165, 1.54) is 6.26 Å². The molecular formula is C25H28N4O3. The van der Waals surface area contributed by atoms with Gasteiger partial charge in [-0.1, -0.05) is 42.5 Å². The summed E-state index contributed by atoms with van der Waals surface area (Å²) in [5.41, 5.74) is 9.87. The van der Waals surface area contributed by atoms with Gasteiger partial charge in [-0.3, -0.25) is 9.59 Å². The van der Waals surface area contributed by atoms with E-state index < -0.39 is 6.04 Å². The number of nitrogens with one attached hydrogen (secondary N) is 1. The second-order valence-electron chi connectivity index (χ2n) is 8.15. The Balaban J connectivity index is 1.40. The fraction of sp³-hybridized carbons (Fsp3) is 0.320. The van der Waals surface area contributed by atoms with Gasteiger partial charge in [-0.2, -0.15) is 0 Å². The van der Waals surface area contributed by atoms with E-state index in [9.17, 15) is 9.59 Å². The third kappa shape index (κ3) is 4.89. The van der Waals surface area contributed by atoms with E-state index in [0.717, 1.165) is 54.6 Å². The summed E-state index contributed by atoms with van der Waals surface area (Å²) in [6.07, 6.45) is 4.66. The minimum atomic E-state index is -0.709. The van der Waals surface area contributed by atoms with Crippen molar-refractivity contribution in [2.24, 2.45) is 5.73 Å². The van der Waals surface area contributed by atoms with E-state index in [4.69, 9.17) is 10.2 Å². The van der Waals surface area contributed by atoms with Crippen molar-refractivity contribution in [1.29, 1.82) is 0 Å². The largest absolute Gasteiger partial charge is 0.444 e. The van der Waals surface area contributed by atoms with Crippen molar-refractivity contribution in [2.45, 2.75) is 38.8 Å². The summed E-state index contributed by atoms with van der Waals surface area (Å²) in [4.78, 5) is 31.3. The van der Waals surface area contributed by atoms with Crippen LogP contribution in [-0.4, -0.2) is 34.8 Å². The lowest BCUT2D eigenvalue weighted by Crippen LogP contribution is -2.35. The van der Waals surface area contributed by atoms with Crippen molar-refractivity contribution < 1.29 is 14.0 Å². The van der Waals surface area contributed by atoms with Gasteiger partial charge in [-0.15, -0.1) is 0 Å². The predicted molar refractivity (Wildman–Crippen MR) is 122 cm³/mol. The highest BCUT2D eigenvalue weighted by atomic mass is 16.3. The number of nitrogens with two attached hydrogens (primary N) is 1. The number of benzene rings is 2. The first-order chi connectivity index (χ1) is 15.5. The van der Waals surface area contributed by atoms with Gasteiger partial charge in [0.1, 0.15) is 12.3 Å². The molecule has 1 fully saturated rings. The molecule has 1 saturated heterocycles. The maximum atomic E-state index is 12.6. The molecule has 0 unspecified atom stereocenters. The molecule has 1 aliphatic heterocycles. The molecule has 1 aromatic heterocycles. The van der Waals surface area contributed by atoms with Crippen LogP contribution in [0.25, 0.3) is 11.5 Å². The van der Waals surface area contributed by atoms with Crippen molar-refractivity contribution in [3.05, 3.63) is 77.2 Å². The van der Waals surface area contributed by atoms with Crippen molar-refractivity contribution in [2.75, 3.05) is 13.1 Å². The summed E-state index contributed by atoms with van der Waals surface area (Å²) < 4.78 is 5.62. The van der Waals surface area contributed by atoms with Gasteiger partial charge in [-0.25, -0.2) is 4.98 Å². The van der Waals surface area contributed by atoms with Gasteiger partial charge in [-0.05, 0) is 48.9 Å². The Morgan fingerprint density at radius 1 is 1.12 bits per heavy atom. The van der Waals surface area contributed by atoms with Gasteiger partial charge in [0.05, 0.1) is 0 Å². The Hall–Kier alpha value is -3.45. The maximum Gasteiger partial charge on any atom is 0.275 e. The molecule has 32 heavy (non-hydrogen) atoms. The summed E-state index contributed by atoms with van der Waals surface area (Å²) in [7, 11) is 0. The number of aryl methyl sites for hydroxylation is 1. The average Bonchev–Trinajstić information content (AvgIpc) is 3.32. The number of hydrogen-bond donors (Lipinski definition) is 2. The van der Waals surface area contributed by atoms with Crippen LogP contribution in [0.3, 0.4) is 0 Å². The number of aromatic nitrogens is 1. The van der Waals surface area contributed by atoms with E-state index >= 15 is 0 Å².